The lowest BCUT2D eigenvalue weighted by atomic mass is 10.0. The largest absolute Gasteiger partial charge is 0.756 e. The fourth-order valence-corrected chi connectivity index (χ4v) is 8.36. The monoisotopic (exact) mass is 976 g/mol. The van der Waals surface area contributed by atoms with Gasteiger partial charge in [-0.2, -0.15) is 0 Å². The zero-order valence-electron chi connectivity index (χ0n) is 44.8. The molecule has 9 nitrogen and oxygen atoms in total. The van der Waals surface area contributed by atoms with E-state index in [2.05, 4.69) is 74.6 Å². The number of phosphoric ester groups is 1. The summed E-state index contributed by atoms with van der Waals surface area (Å²) in [6, 6.07) is 0. The molecule has 396 valence electrons. The minimum atomic E-state index is -4.64. The van der Waals surface area contributed by atoms with Gasteiger partial charge in [-0.25, -0.2) is 0 Å². The van der Waals surface area contributed by atoms with Gasteiger partial charge in [0.2, 0.25) is 0 Å². The predicted molar refractivity (Wildman–Crippen MR) is 287 cm³/mol. The minimum Gasteiger partial charge on any atom is -0.756 e. The molecule has 0 heterocycles. The minimum absolute atomic E-state index is 0.0353. The number of carbonyl (C=O) groups is 2. The molecule has 0 aromatic heterocycles. The van der Waals surface area contributed by atoms with Crippen LogP contribution in [0.2, 0.25) is 0 Å². The smallest absolute Gasteiger partial charge is 0.306 e. The number of rotatable bonds is 51. The molecule has 0 aliphatic carbocycles. The second-order valence-electron chi connectivity index (χ2n) is 19.9. The summed E-state index contributed by atoms with van der Waals surface area (Å²) in [5.74, 6) is -0.845. The number of likely N-dealkylation sites (N-methyl/N-ethyl adjacent to an activating group) is 1. The van der Waals surface area contributed by atoms with Crippen LogP contribution in [0, 0.1) is 0 Å². The number of hydrogen-bond acceptors (Lipinski definition) is 8. The van der Waals surface area contributed by atoms with Crippen molar-refractivity contribution in [1.29, 1.82) is 0 Å². The first-order valence-electron chi connectivity index (χ1n) is 28.0. The highest BCUT2D eigenvalue weighted by Crippen LogP contribution is 2.38. The predicted octanol–water partition coefficient (Wildman–Crippen LogP) is 16.5. The standard InChI is InChI=1S/C58H106NO8P/c1-6-8-10-12-14-16-18-20-22-24-26-27-28-29-30-31-33-34-36-38-40-42-44-46-48-50-57(60)64-54-56(55-66-68(62,63)65-53-52-59(3,4)5)67-58(61)51-49-47-45-43-41-39-37-35-32-25-23-21-19-17-15-13-11-9-7-2/h15,17-18,20-21,23-24,26,32,35,56H,6-14,16,19,22,25,27-31,33-34,36-55H2,1-5H3/b17-15-,20-18-,23-21-,26-24-,35-32-. The van der Waals surface area contributed by atoms with Crippen molar-refractivity contribution in [3.05, 3.63) is 60.8 Å². The normalized spacial score (nSPS) is 13.8. The lowest BCUT2D eigenvalue weighted by molar-refractivity contribution is -0.870. The lowest BCUT2D eigenvalue weighted by Crippen LogP contribution is -2.37. The summed E-state index contributed by atoms with van der Waals surface area (Å²) >= 11 is 0. The molecule has 0 saturated carbocycles. The highest BCUT2D eigenvalue weighted by atomic mass is 31.2. The number of hydrogen-bond donors (Lipinski definition) is 0. The van der Waals surface area contributed by atoms with Gasteiger partial charge in [0.25, 0.3) is 7.82 Å². The lowest BCUT2D eigenvalue weighted by Gasteiger charge is -2.28. The van der Waals surface area contributed by atoms with Crippen molar-refractivity contribution in [2.75, 3.05) is 47.5 Å². The molecule has 0 bridgehead atoms. The van der Waals surface area contributed by atoms with Crippen LogP contribution in [0.4, 0.5) is 0 Å². The van der Waals surface area contributed by atoms with E-state index in [0.29, 0.717) is 17.4 Å². The Morgan fingerprint density at radius 1 is 0.456 bits per heavy atom. The molecular formula is C58H106NO8P. The van der Waals surface area contributed by atoms with E-state index in [4.69, 9.17) is 18.5 Å². The Kier molecular flexibility index (Phi) is 48.0. The average Bonchev–Trinajstić information content (AvgIpc) is 3.30. The number of esters is 2. The number of phosphoric acid groups is 1. The molecule has 0 amide bonds. The molecule has 2 atom stereocenters. The van der Waals surface area contributed by atoms with Crippen LogP contribution in [0.25, 0.3) is 0 Å². The van der Waals surface area contributed by atoms with Crippen molar-refractivity contribution >= 4 is 19.8 Å². The Morgan fingerprint density at radius 2 is 0.794 bits per heavy atom. The van der Waals surface area contributed by atoms with Crippen molar-refractivity contribution in [2.24, 2.45) is 0 Å². The zero-order valence-corrected chi connectivity index (χ0v) is 45.7. The Labute approximate surface area is 419 Å². The van der Waals surface area contributed by atoms with E-state index < -0.39 is 26.5 Å². The quantitative estimate of drug-likeness (QED) is 0.0195. The highest BCUT2D eigenvalue weighted by molar-refractivity contribution is 7.45. The van der Waals surface area contributed by atoms with E-state index in [1.807, 2.05) is 21.1 Å². The van der Waals surface area contributed by atoms with Gasteiger partial charge in [0.1, 0.15) is 19.8 Å². The number of allylic oxidation sites excluding steroid dienone is 10. The van der Waals surface area contributed by atoms with Gasteiger partial charge in [-0.15, -0.1) is 0 Å². The topological polar surface area (TPSA) is 111 Å². The Hall–Kier alpha value is -2.29. The van der Waals surface area contributed by atoms with Crippen LogP contribution in [-0.2, 0) is 32.7 Å². The second-order valence-corrected chi connectivity index (χ2v) is 21.4. The molecular weight excluding hydrogens is 870 g/mol. The summed E-state index contributed by atoms with van der Waals surface area (Å²) in [6.07, 6.45) is 62.5. The first kappa shape index (κ1) is 65.7. The van der Waals surface area contributed by atoms with E-state index in [1.165, 1.54) is 135 Å². The molecule has 0 aliphatic heterocycles. The van der Waals surface area contributed by atoms with Crippen LogP contribution in [-0.4, -0.2) is 70.0 Å². The third-order valence-electron chi connectivity index (χ3n) is 12.0. The third kappa shape index (κ3) is 53.1. The van der Waals surface area contributed by atoms with E-state index in [9.17, 15) is 19.0 Å². The van der Waals surface area contributed by atoms with Crippen LogP contribution in [0.1, 0.15) is 245 Å². The number of quaternary nitrogens is 1. The van der Waals surface area contributed by atoms with Gasteiger partial charge >= 0.3 is 11.9 Å². The fraction of sp³-hybridized carbons (Fsp3) is 0.793. The molecule has 0 fully saturated rings. The van der Waals surface area contributed by atoms with Crippen molar-refractivity contribution in [3.8, 4) is 0 Å². The molecule has 0 aliphatic rings. The van der Waals surface area contributed by atoms with Crippen molar-refractivity contribution < 1.29 is 42.1 Å². The maximum absolute atomic E-state index is 12.8. The summed E-state index contributed by atoms with van der Waals surface area (Å²) in [5, 5.41) is 0. The van der Waals surface area contributed by atoms with Crippen LogP contribution in [0.15, 0.2) is 60.8 Å². The van der Waals surface area contributed by atoms with Gasteiger partial charge < -0.3 is 27.9 Å². The van der Waals surface area contributed by atoms with Gasteiger partial charge in [-0.1, -0.05) is 209 Å². The number of carbonyl (C=O) groups excluding carboxylic acids is 2. The van der Waals surface area contributed by atoms with Crippen molar-refractivity contribution in [3.63, 3.8) is 0 Å². The zero-order chi connectivity index (χ0) is 49.9. The molecule has 68 heavy (non-hydrogen) atoms. The average molecular weight is 976 g/mol. The molecule has 0 rings (SSSR count). The van der Waals surface area contributed by atoms with Gasteiger partial charge in [0, 0.05) is 12.8 Å². The summed E-state index contributed by atoms with van der Waals surface area (Å²) in [5.41, 5.74) is 0. The van der Waals surface area contributed by atoms with E-state index in [-0.39, 0.29) is 32.0 Å². The van der Waals surface area contributed by atoms with Gasteiger partial charge in [0.15, 0.2) is 6.10 Å². The number of ether oxygens (including phenoxy) is 2. The molecule has 0 N–H and O–H groups in total. The maximum atomic E-state index is 12.8. The molecule has 10 heteroatoms. The van der Waals surface area contributed by atoms with E-state index in [0.717, 1.165) is 77.0 Å². The van der Waals surface area contributed by atoms with Crippen LogP contribution < -0.4 is 4.89 Å². The molecule has 0 spiro atoms. The molecule has 0 aromatic carbocycles. The van der Waals surface area contributed by atoms with Crippen molar-refractivity contribution in [1.82, 2.24) is 0 Å². The van der Waals surface area contributed by atoms with Gasteiger partial charge in [-0.05, 0) is 83.5 Å². The summed E-state index contributed by atoms with van der Waals surface area (Å²) < 4.78 is 34.1. The Morgan fingerprint density at radius 3 is 1.21 bits per heavy atom. The van der Waals surface area contributed by atoms with Crippen LogP contribution >= 0.6 is 7.82 Å². The maximum Gasteiger partial charge on any atom is 0.306 e. The van der Waals surface area contributed by atoms with Gasteiger partial charge in [-0.3, -0.25) is 14.2 Å². The third-order valence-corrected chi connectivity index (χ3v) is 13.0. The summed E-state index contributed by atoms with van der Waals surface area (Å²) in [4.78, 5) is 37.8. The van der Waals surface area contributed by atoms with Gasteiger partial charge in [0.05, 0.1) is 27.7 Å². The Bertz CT molecular complexity index is 1340. The summed E-state index contributed by atoms with van der Waals surface area (Å²) in [6.45, 7) is 4.20. The first-order chi connectivity index (χ1) is 33.0. The van der Waals surface area contributed by atoms with Crippen LogP contribution in [0.3, 0.4) is 0 Å². The number of unbranched alkanes of at least 4 members (excludes halogenated alkanes) is 27. The fourth-order valence-electron chi connectivity index (χ4n) is 7.63. The second kappa shape index (κ2) is 49.7. The SMILES string of the molecule is CCCCC/C=C\C/C=C\C/C=C\CCCCCCCCC(=O)OC(COC(=O)CCCCCCCCCCCCCCC/C=C\C/C=C\CCCCCCC)COP(=O)([O-])OCC[N+](C)(C)C. The summed E-state index contributed by atoms with van der Waals surface area (Å²) in [7, 11) is 1.15. The van der Waals surface area contributed by atoms with Crippen LogP contribution in [0.5, 0.6) is 0 Å². The molecule has 2 unspecified atom stereocenters. The first-order valence-corrected chi connectivity index (χ1v) is 29.5. The van der Waals surface area contributed by atoms with E-state index in [1.54, 1.807) is 0 Å². The molecule has 0 saturated heterocycles. The van der Waals surface area contributed by atoms with E-state index >= 15 is 0 Å². The van der Waals surface area contributed by atoms with Crippen molar-refractivity contribution in [2.45, 2.75) is 251 Å². The Balaban J connectivity index is 4.19. The highest BCUT2D eigenvalue weighted by Gasteiger charge is 2.21. The molecule has 0 aromatic rings. The molecule has 0 radical (unpaired) electrons. The number of nitrogens with zero attached hydrogens (tertiary/aromatic N) is 1.